The van der Waals surface area contributed by atoms with Gasteiger partial charge in [-0.05, 0) is 41.6 Å². The molecule has 0 bridgehead atoms. The van der Waals surface area contributed by atoms with Crippen LogP contribution in [0.2, 0.25) is 0 Å². The van der Waals surface area contributed by atoms with E-state index in [1.165, 1.54) is 18.0 Å². The van der Waals surface area contributed by atoms with Crippen LogP contribution in [-0.2, 0) is 6.54 Å². The van der Waals surface area contributed by atoms with Crippen molar-refractivity contribution in [3.8, 4) is 17.3 Å². The molecule has 0 saturated heterocycles. The number of nitrogens with two attached hydrogens (primary N) is 1. The summed E-state index contributed by atoms with van der Waals surface area (Å²) in [6.07, 6.45) is 1.45. The van der Waals surface area contributed by atoms with Crippen LogP contribution < -0.4 is 20.6 Å². The van der Waals surface area contributed by atoms with Crippen molar-refractivity contribution < 1.29 is 18.9 Å². The molecule has 13 nitrogen and oxygen atoms in total. The summed E-state index contributed by atoms with van der Waals surface area (Å²) in [5.74, 6) is 0.670. The maximum atomic E-state index is 13.1. The van der Waals surface area contributed by atoms with Gasteiger partial charge in [-0.3, -0.25) is 9.69 Å². The Morgan fingerprint density at radius 3 is 2.69 bits per heavy atom. The number of hydrogen-bond acceptors (Lipinski definition) is 11. The van der Waals surface area contributed by atoms with E-state index >= 15 is 0 Å². The van der Waals surface area contributed by atoms with E-state index in [1.54, 1.807) is 25.3 Å². The van der Waals surface area contributed by atoms with Gasteiger partial charge in [0.05, 0.1) is 20.4 Å². The Morgan fingerprint density at radius 2 is 2.06 bits per heavy atom. The Hall–Kier alpha value is -4.00. The number of hydrogen-bond donors (Lipinski definition) is 2. The average Bonchev–Trinajstić information content (AvgIpc) is 3.42. The van der Waals surface area contributed by atoms with Gasteiger partial charge in [0, 0.05) is 12.1 Å². The van der Waals surface area contributed by atoms with Crippen molar-refractivity contribution in [2.24, 2.45) is 5.10 Å². The summed E-state index contributed by atoms with van der Waals surface area (Å²) >= 11 is 0. The summed E-state index contributed by atoms with van der Waals surface area (Å²) in [6.45, 7) is 5.96. The van der Waals surface area contributed by atoms with Crippen LogP contribution in [0.4, 0.5) is 5.82 Å². The molecule has 0 atom stereocenters. The quantitative estimate of drug-likeness (QED) is 0.340. The monoisotopic (exact) mass is 443 g/mol. The van der Waals surface area contributed by atoms with Gasteiger partial charge in [0.2, 0.25) is 11.6 Å². The molecular weight excluding hydrogens is 418 g/mol. The molecule has 0 aliphatic rings. The lowest BCUT2D eigenvalue weighted by molar-refractivity contribution is 0.0945. The summed E-state index contributed by atoms with van der Waals surface area (Å²) in [4.78, 5) is 15.1. The van der Waals surface area contributed by atoms with Gasteiger partial charge in [0.15, 0.2) is 5.69 Å². The zero-order valence-corrected chi connectivity index (χ0v) is 18.3. The van der Waals surface area contributed by atoms with Crippen LogP contribution in [0, 0.1) is 0 Å². The standard InChI is InChI=1S/C19H25N9O4/c1-5-27(6-2)11-14-16(28(26-22-14)18-17(20)24-32-25-18)19(29)23-21-10-12-9-13(30-3)7-8-15(12)31-4/h7-10H,5-6,11H2,1-4H3,(H2,20,24)(H,23,29)/b21-10+. The highest BCUT2D eigenvalue weighted by Gasteiger charge is 2.25. The van der Waals surface area contributed by atoms with Gasteiger partial charge < -0.3 is 15.2 Å². The van der Waals surface area contributed by atoms with E-state index in [2.05, 4.69) is 40.7 Å². The highest BCUT2D eigenvalue weighted by atomic mass is 16.6. The number of carbonyl (C=O) groups excluding carboxylic acids is 1. The number of amides is 1. The molecule has 0 fully saturated rings. The number of ether oxygens (including phenoxy) is 2. The lowest BCUT2D eigenvalue weighted by Gasteiger charge is -2.16. The molecule has 0 saturated carbocycles. The normalized spacial score (nSPS) is 11.3. The summed E-state index contributed by atoms with van der Waals surface area (Å²) in [5, 5.41) is 19.5. The van der Waals surface area contributed by atoms with Crippen LogP contribution in [0.25, 0.3) is 5.82 Å². The fourth-order valence-corrected chi connectivity index (χ4v) is 2.95. The summed E-state index contributed by atoms with van der Waals surface area (Å²) in [7, 11) is 3.10. The minimum atomic E-state index is -0.558. The van der Waals surface area contributed by atoms with Crippen molar-refractivity contribution in [2.75, 3.05) is 33.0 Å². The fraction of sp³-hybridized carbons (Fsp3) is 0.368. The van der Waals surface area contributed by atoms with Crippen LogP contribution in [0.15, 0.2) is 27.9 Å². The average molecular weight is 443 g/mol. The molecule has 13 heteroatoms. The molecule has 2 heterocycles. The second-order valence-corrected chi connectivity index (χ2v) is 6.54. The number of nitrogens with zero attached hydrogens (tertiary/aromatic N) is 7. The third-order valence-electron chi connectivity index (χ3n) is 4.73. The minimum Gasteiger partial charge on any atom is -0.497 e. The maximum absolute atomic E-state index is 13.1. The smallest absolute Gasteiger partial charge is 0.292 e. The number of nitrogen functional groups attached to an aromatic ring is 1. The molecule has 2 aromatic heterocycles. The van der Waals surface area contributed by atoms with Crippen LogP contribution in [0.5, 0.6) is 11.5 Å². The van der Waals surface area contributed by atoms with Gasteiger partial charge in [0.1, 0.15) is 17.2 Å². The number of hydrazone groups is 1. The van der Waals surface area contributed by atoms with E-state index in [9.17, 15) is 4.79 Å². The van der Waals surface area contributed by atoms with Crippen LogP contribution in [0.1, 0.15) is 35.6 Å². The zero-order chi connectivity index (χ0) is 23.1. The molecule has 0 aliphatic carbocycles. The fourth-order valence-electron chi connectivity index (χ4n) is 2.95. The topological polar surface area (TPSA) is 159 Å². The van der Waals surface area contributed by atoms with E-state index in [-0.39, 0.29) is 17.3 Å². The van der Waals surface area contributed by atoms with Crippen LogP contribution in [0.3, 0.4) is 0 Å². The molecule has 3 aromatic rings. The number of carbonyl (C=O) groups is 1. The zero-order valence-electron chi connectivity index (χ0n) is 18.3. The number of rotatable bonds is 10. The lowest BCUT2D eigenvalue weighted by atomic mass is 10.2. The second-order valence-electron chi connectivity index (χ2n) is 6.54. The number of aromatic nitrogens is 5. The number of nitrogens with one attached hydrogen (secondary N) is 1. The molecule has 0 spiro atoms. The summed E-state index contributed by atoms with van der Waals surface area (Å²) < 4.78 is 16.4. The first-order chi connectivity index (χ1) is 15.5. The second kappa shape index (κ2) is 10.3. The highest BCUT2D eigenvalue weighted by molar-refractivity contribution is 5.95. The molecule has 3 rings (SSSR count). The summed E-state index contributed by atoms with van der Waals surface area (Å²) in [6, 6.07) is 5.23. The van der Waals surface area contributed by atoms with E-state index in [0.29, 0.717) is 29.3 Å². The van der Waals surface area contributed by atoms with Crippen LogP contribution in [-0.4, -0.2) is 69.6 Å². The minimum absolute atomic E-state index is 0.0250. The Bertz CT molecular complexity index is 1090. The van der Waals surface area contributed by atoms with Crippen molar-refractivity contribution in [1.82, 2.24) is 35.6 Å². The van der Waals surface area contributed by atoms with E-state index < -0.39 is 5.91 Å². The molecular formula is C19H25N9O4. The molecule has 32 heavy (non-hydrogen) atoms. The van der Waals surface area contributed by atoms with Crippen molar-refractivity contribution >= 4 is 17.9 Å². The molecule has 1 aromatic carbocycles. The van der Waals surface area contributed by atoms with Crippen LogP contribution >= 0.6 is 0 Å². The Labute approximate surface area is 184 Å². The first-order valence-corrected chi connectivity index (χ1v) is 9.83. The predicted octanol–water partition coefficient (Wildman–Crippen LogP) is 0.855. The van der Waals surface area contributed by atoms with Crippen molar-refractivity contribution in [2.45, 2.75) is 20.4 Å². The SMILES string of the molecule is CCN(CC)Cc1nnn(-c2nonc2N)c1C(=O)N/N=C/c1cc(OC)ccc1OC. The highest BCUT2D eigenvalue weighted by Crippen LogP contribution is 2.22. The third kappa shape index (κ3) is 4.83. The Kier molecular flexibility index (Phi) is 7.33. The first kappa shape index (κ1) is 22.7. The van der Waals surface area contributed by atoms with Gasteiger partial charge in [-0.2, -0.15) is 9.78 Å². The van der Waals surface area contributed by atoms with Gasteiger partial charge in [-0.1, -0.05) is 19.1 Å². The Morgan fingerprint density at radius 1 is 1.28 bits per heavy atom. The largest absolute Gasteiger partial charge is 0.497 e. The Balaban J connectivity index is 1.90. The van der Waals surface area contributed by atoms with Crippen molar-refractivity contribution in [1.29, 1.82) is 0 Å². The lowest BCUT2D eigenvalue weighted by Crippen LogP contribution is -2.27. The molecule has 1 amide bonds. The van der Waals surface area contributed by atoms with Crippen molar-refractivity contribution in [3.05, 3.63) is 35.2 Å². The molecule has 3 N–H and O–H groups in total. The van der Waals surface area contributed by atoms with E-state index in [1.807, 2.05) is 13.8 Å². The molecule has 0 unspecified atom stereocenters. The molecule has 0 radical (unpaired) electrons. The number of anilines is 1. The maximum Gasteiger partial charge on any atom is 0.292 e. The van der Waals surface area contributed by atoms with Gasteiger partial charge in [-0.25, -0.2) is 10.1 Å². The molecule has 0 aliphatic heterocycles. The van der Waals surface area contributed by atoms with E-state index in [4.69, 9.17) is 15.2 Å². The first-order valence-electron chi connectivity index (χ1n) is 9.83. The van der Waals surface area contributed by atoms with Crippen molar-refractivity contribution in [3.63, 3.8) is 0 Å². The van der Waals surface area contributed by atoms with E-state index in [0.717, 1.165) is 13.1 Å². The van der Waals surface area contributed by atoms with Gasteiger partial charge >= 0.3 is 0 Å². The number of methoxy groups -OCH3 is 2. The molecule has 170 valence electrons. The third-order valence-corrected chi connectivity index (χ3v) is 4.73. The van der Waals surface area contributed by atoms with Gasteiger partial charge in [0.25, 0.3) is 5.91 Å². The predicted molar refractivity (Wildman–Crippen MR) is 115 cm³/mol. The number of benzene rings is 1. The van der Waals surface area contributed by atoms with Gasteiger partial charge in [-0.15, -0.1) is 5.10 Å². The summed E-state index contributed by atoms with van der Waals surface area (Å²) in [5.41, 5.74) is 9.45.